The fraction of sp³-hybridized carbons (Fsp3) is 1.00. The number of quaternary nitrogens is 1. The highest BCUT2D eigenvalue weighted by Gasteiger charge is 2.40. The maximum absolute atomic E-state index is 2.52. The quantitative estimate of drug-likeness (QED) is 0.495. The molecule has 0 spiro atoms. The summed E-state index contributed by atoms with van der Waals surface area (Å²) in [6.45, 7) is 9.49. The lowest BCUT2D eigenvalue weighted by molar-refractivity contribution is -0.901. The van der Waals surface area contributed by atoms with Crippen LogP contribution in [0.5, 0.6) is 0 Å². The summed E-state index contributed by atoms with van der Waals surface area (Å²) in [6, 6.07) is 0.902. The maximum Gasteiger partial charge on any atom is 0.0945 e. The molecule has 0 aromatic heterocycles. The van der Waals surface area contributed by atoms with Crippen molar-refractivity contribution in [2.24, 2.45) is 0 Å². The molecule has 2 aliphatic rings. The van der Waals surface area contributed by atoms with Crippen LogP contribution in [0, 0.1) is 0 Å². The molecule has 12 heavy (non-hydrogen) atoms. The molecular formula is C10H23N2+. The standard InChI is InChI=1S/C8H17N2.C2H6/c1-9-4-6-10(2)5-3-8(9)7-10;1-2/h8H,3-7H2,1-2H3;1-2H3/q+1;. The van der Waals surface area contributed by atoms with Crippen molar-refractivity contribution in [1.82, 2.24) is 4.90 Å². The Balaban J connectivity index is 0.000000336. The van der Waals surface area contributed by atoms with Gasteiger partial charge >= 0.3 is 0 Å². The van der Waals surface area contributed by atoms with E-state index in [-0.39, 0.29) is 0 Å². The Labute approximate surface area is 76.7 Å². The molecule has 0 amide bonds. The number of hydrogen-bond donors (Lipinski definition) is 0. The van der Waals surface area contributed by atoms with E-state index in [1.165, 1.54) is 37.1 Å². The molecule has 2 heteroatoms. The van der Waals surface area contributed by atoms with Crippen LogP contribution in [0.1, 0.15) is 20.3 Å². The number of nitrogens with zero attached hydrogens (tertiary/aromatic N) is 2. The Bertz CT molecular complexity index is 147. The molecular weight excluding hydrogens is 148 g/mol. The predicted molar refractivity (Wildman–Crippen MR) is 53.2 cm³/mol. The number of likely N-dealkylation sites (N-methyl/N-ethyl adjacent to an activating group) is 2. The van der Waals surface area contributed by atoms with Crippen LogP contribution < -0.4 is 0 Å². The molecule has 2 rings (SSSR count). The summed E-state index contributed by atoms with van der Waals surface area (Å²) >= 11 is 0. The van der Waals surface area contributed by atoms with Gasteiger partial charge in [0.25, 0.3) is 0 Å². The third kappa shape index (κ3) is 1.80. The molecule has 0 N–H and O–H groups in total. The fourth-order valence-corrected chi connectivity index (χ4v) is 2.30. The number of rotatable bonds is 0. The van der Waals surface area contributed by atoms with Crippen molar-refractivity contribution in [1.29, 1.82) is 0 Å². The van der Waals surface area contributed by atoms with Gasteiger partial charge in [0.2, 0.25) is 0 Å². The van der Waals surface area contributed by atoms with E-state index in [4.69, 9.17) is 0 Å². The van der Waals surface area contributed by atoms with Gasteiger partial charge in [-0.2, -0.15) is 0 Å². The first-order valence-corrected chi connectivity index (χ1v) is 5.23. The third-order valence-electron chi connectivity index (χ3n) is 3.27. The van der Waals surface area contributed by atoms with Crippen molar-refractivity contribution < 1.29 is 4.48 Å². The van der Waals surface area contributed by atoms with Gasteiger partial charge in [0.1, 0.15) is 0 Å². The first kappa shape index (κ1) is 10.0. The second-order valence-corrected chi connectivity index (χ2v) is 4.17. The molecule has 0 aromatic rings. The van der Waals surface area contributed by atoms with Crippen LogP contribution in [0.2, 0.25) is 0 Å². The smallest absolute Gasteiger partial charge is 0.0945 e. The Morgan fingerprint density at radius 3 is 2.50 bits per heavy atom. The predicted octanol–water partition coefficient (Wildman–Crippen LogP) is 1.18. The van der Waals surface area contributed by atoms with Crippen LogP contribution in [0.15, 0.2) is 0 Å². The molecule has 2 heterocycles. The topological polar surface area (TPSA) is 3.24 Å². The van der Waals surface area contributed by atoms with Crippen molar-refractivity contribution in [3.05, 3.63) is 0 Å². The van der Waals surface area contributed by atoms with E-state index in [9.17, 15) is 0 Å². The molecule has 2 aliphatic heterocycles. The van der Waals surface area contributed by atoms with Crippen LogP contribution in [0.25, 0.3) is 0 Å². The first-order valence-electron chi connectivity index (χ1n) is 5.23. The first-order chi connectivity index (χ1) is 5.70. The zero-order valence-corrected chi connectivity index (χ0v) is 9.01. The van der Waals surface area contributed by atoms with Crippen molar-refractivity contribution in [3.63, 3.8) is 0 Å². The SMILES string of the molecule is CC.CN1CC[N+]2(C)CCC1C2. The highest BCUT2D eigenvalue weighted by molar-refractivity contribution is 4.78. The molecule has 2 fully saturated rings. The zero-order chi connectivity index (χ0) is 9.19. The normalized spacial score (nSPS) is 40.5. The van der Waals surface area contributed by atoms with Crippen LogP contribution in [0.3, 0.4) is 0 Å². The monoisotopic (exact) mass is 171 g/mol. The summed E-state index contributed by atoms with van der Waals surface area (Å²) in [5, 5.41) is 0. The summed E-state index contributed by atoms with van der Waals surface area (Å²) in [4.78, 5) is 2.52. The van der Waals surface area contributed by atoms with E-state index < -0.39 is 0 Å². The van der Waals surface area contributed by atoms with Crippen LogP contribution >= 0.6 is 0 Å². The number of hydrogen-bond acceptors (Lipinski definition) is 1. The van der Waals surface area contributed by atoms with Gasteiger partial charge in [-0.15, -0.1) is 0 Å². The van der Waals surface area contributed by atoms with Gasteiger partial charge in [0.05, 0.1) is 32.7 Å². The fourth-order valence-electron chi connectivity index (χ4n) is 2.30. The summed E-state index contributed by atoms with van der Waals surface area (Å²) in [5.74, 6) is 0. The average Bonchev–Trinajstić information content (AvgIpc) is 2.43. The Morgan fingerprint density at radius 2 is 1.92 bits per heavy atom. The molecule has 0 aliphatic carbocycles. The zero-order valence-electron chi connectivity index (χ0n) is 9.01. The third-order valence-corrected chi connectivity index (χ3v) is 3.27. The van der Waals surface area contributed by atoms with Crippen LogP contribution in [-0.2, 0) is 0 Å². The van der Waals surface area contributed by atoms with Gasteiger partial charge < -0.3 is 4.48 Å². The maximum atomic E-state index is 2.52. The van der Waals surface area contributed by atoms with E-state index in [1.54, 1.807) is 0 Å². The summed E-state index contributed by atoms with van der Waals surface area (Å²) in [5.41, 5.74) is 0. The summed E-state index contributed by atoms with van der Waals surface area (Å²) in [7, 11) is 4.66. The molecule has 72 valence electrons. The van der Waals surface area contributed by atoms with Gasteiger partial charge in [-0.25, -0.2) is 0 Å². The highest BCUT2D eigenvalue weighted by atomic mass is 15.4. The lowest BCUT2D eigenvalue weighted by atomic mass is 10.2. The average molecular weight is 171 g/mol. The van der Waals surface area contributed by atoms with Gasteiger partial charge in [-0.1, -0.05) is 13.8 Å². The Kier molecular flexibility index (Phi) is 3.13. The van der Waals surface area contributed by atoms with Crippen LogP contribution in [0.4, 0.5) is 0 Å². The summed E-state index contributed by atoms with van der Waals surface area (Å²) < 4.78 is 1.34. The van der Waals surface area contributed by atoms with Crippen molar-refractivity contribution in [2.45, 2.75) is 26.3 Å². The lowest BCUT2D eigenvalue weighted by Crippen LogP contribution is -2.53. The molecule has 0 aromatic carbocycles. The summed E-state index contributed by atoms with van der Waals surface area (Å²) in [6.07, 6.45) is 1.42. The van der Waals surface area contributed by atoms with Gasteiger partial charge in [-0.05, 0) is 7.05 Å². The molecule has 2 atom stereocenters. The van der Waals surface area contributed by atoms with E-state index in [0.29, 0.717) is 0 Å². The number of piperazine rings is 1. The van der Waals surface area contributed by atoms with Crippen molar-refractivity contribution in [2.75, 3.05) is 40.3 Å². The van der Waals surface area contributed by atoms with E-state index >= 15 is 0 Å². The molecule has 2 saturated heterocycles. The van der Waals surface area contributed by atoms with Crippen molar-refractivity contribution in [3.8, 4) is 0 Å². The minimum Gasteiger partial charge on any atom is -0.324 e. The van der Waals surface area contributed by atoms with Gasteiger partial charge in [0, 0.05) is 13.0 Å². The van der Waals surface area contributed by atoms with Gasteiger partial charge in [-0.3, -0.25) is 4.90 Å². The van der Waals surface area contributed by atoms with E-state index in [2.05, 4.69) is 19.0 Å². The van der Waals surface area contributed by atoms with Crippen molar-refractivity contribution >= 4 is 0 Å². The van der Waals surface area contributed by atoms with E-state index in [1.807, 2.05) is 13.8 Å². The second kappa shape index (κ2) is 3.75. The van der Waals surface area contributed by atoms with E-state index in [0.717, 1.165) is 6.04 Å². The molecule has 0 radical (unpaired) electrons. The molecule has 2 unspecified atom stereocenters. The van der Waals surface area contributed by atoms with Gasteiger partial charge in [0.15, 0.2) is 0 Å². The Hall–Kier alpha value is -0.0800. The molecule has 2 bridgehead atoms. The molecule has 0 saturated carbocycles. The molecule has 2 nitrogen and oxygen atoms in total. The largest absolute Gasteiger partial charge is 0.324 e. The second-order valence-electron chi connectivity index (χ2n) is 4.17. The van der Waals surface area contributed by atoms with Crippen LogP contribution in [-0.4, -0.2) is 55.7 Å². The number of fused-ring (bicyclic) bond motifs is 2. The minimum atomic E-state index is 0.902. The Morgan fingerprint density at radius 1 is 1.25 bits per heavy atom. The minimum absolute atomic E-state index is 0.902. The lowest BCUT2D eigenvalue weighted by Gasteiger charge is -2.37. The highest BCUT2D eigenvalue weighted by Crippen LogP contribution is 2.24.